The summed E-state index contributed by atoms with van der Waals surface area (Å²) < 4.78 is 1.74. The number of hydrogen-bond acceptors (Lipinski definition) is 6. The average molecular weight is 275 g/mol. The van der Waals surface area contributed by atoms with Crippen LogP contribution < -0.4 is 17.1 Å². The van der Waals surface area contributed by atoms with Crippen LogP contribution in [-0.4, -0.2) is 41.2 Å². The molecule has 2 atom stereocenters. The zero-order chi connectivity index (χ0) is 14.7. The summed E-state index contributed by atoms with van der Waals surface area (Å²) in [5, 5.41) is 27.5. The van der Waals surface area contributed by atoms with Gasteiger partial charge in [-0.2, -0.15) is 0 Å². The fraction of sp³-hybridized carbons (Fsp3) is 0.700. The monoisotopic (exact) mass is 275 g/mol. The number of aromatic nitrogens is 3. The standard InChI is InChI=1S/C10H17N3O6/c1-6(15)3-11-8(17)12(4-7(2)16)10(19)13(5-14)9(11)18/h6-7,14-16H,3-5H2,1-2H3. The Morgan fingerprint density at radius 1 is 0.842 bits per heavy atom. The summed E-state index contributed by atoms with van der Waals surface area (Å²) in [4.78, 5) is 35.5. The maximum Gasteiger partial charge on any atom is 0.338 e. The minimum atomic E-state index is -1.000. The largest absolute Gasteiger partial charge is 0.392 e. The molecule has 0 aliphatic heterocycles. The van der Waals surface area contributed by atoms with Crippen molar-refractivity contribution in [1.82, 2.24) is 13.7 Å². The molecule has 9 nitrogen and oxygen atoms in total. The Hall–Kier alpha value is -1.71. The molecule has 0 fully saturated rings. The quantitative estimate of drug-likeness (QED) is 0.522. The van der Waals surface area contributed by atoms with Gasteiger partial charge in [-0.05, 0) is 13.8 Å². The highest BCUT2D eigenvalue weighted by Crippen LogP contribution is 1.85. The van der Waals surface area contributed by atoms with E-state index >= 15 is 0 Å². The van der Waals surface area contributed by atoms with Crippen molar-refractivity contribution < 1.29 is 15.3 Å². The molecule has 2 unspecified atom stereocenters. The van der Waals surface area contributed by atoms with Crippen LogP contribution in [0.4, 0.5) is 0 Å². The van der Waals surface area contributed by atoms with Crippen molar-refractivity contribution >= 4 is 0 Å². The minimum absolute atomic E-state index is 0.308. The molecule has 1 aromatic rings. The van der Waals surface area contributed by atoms with Crippen LogP contribution >= 0.6 is 0 Å². The van der Waals surface area contributed by atoms with Gasteiger partial charge in [0.05, 0.1) is 25.3 Å². The third kappa shape index (κ3) is 3.19. The Kier molecular flexibility index (Phi) is 4.81. The van der Waals surface area contributed by atoms with Gasteiger partial charge in [-0.1, -0.05) is 0 Å². The third-order valence-electron chi connectivity index (χ3n) is 2.42. The highest BCUT2D eigenvalue weighted by atomic mass is 16.3. The van der Waals surface area contributed by atoms with E-state index in [-0.39, 0.29) is 13.1 Å². The van der Waals surface area contributed by atoms with Gasteiger partial charge in [0.2, 0.25) is 0 Å². The lowest BCUT2D eigenvalue weighted by molar-refractivity contribution is 0.144. The van der Waals surface area contributed by atoms with Gasteiger partial charge in [0.25, 0.3) is 0 Å². The number of nitrogens with zero attached hydrogens (tertiary/aromatic N) is 3. The lowest BCUT2D eigenvalue weighted by atomic mass is 10.4. The van der Waals surface area contributed by atoms with Crippen molar-refractivity contribution in [3.63, 3.8) is 0 Å². The molecule has 1 aromatic heterocycles. The van der Waals surface area contributed by atoms with E-state index < -0.39 is 36.0 Å². The van der Waals surface area contributed by atoms with E-state index in [1.807, 2.05) is 0 Å². The Labute approximate surface area is 107 Å². The molecule has 1 rings (SSSR count). The predicted molar refractivity (Wildman–Crippen MR) is 64.8 cm³/mol. The van der Waals surface area contributed by atoms with Crippen LogP contribution in [-0.2, 0) is 19.8 Å². The van der Waals surface area contributed by atoms with Crippen molar-refractivity contribution in [1.29, 1.82) is 0 Å². The molecule has 0 bridgehead atoms. The van der Waals surface area contributed by atoms with Crippen molar-refractivity contribution in [2.24, 2.45) is 0 Å². The van der Waals surface area contributed by atoms with E-state index in [2.05, 4.69) is 0 Å². The van der Waals surface area contributed by atoms with E-state index in [1.54, 1.807) is 0 Å². The fourth-order valence-electron chi connectivity index (χ4n) is 1.64. The predicted octanol–water partition coefficient (Wildman–Crippen LogP) is -3.12. The second kappa shape index (κ2) is 5.95. The van der Waals surface area contributed by atoms with Gasteiger partial charge in [0.1, 0.15) is 6.73 Å². The second-order valence-corrected chi connectivity index (χ2v) is 4.34. The summed E-state index contributed by atoms with van der Waals surface area (Å²) in [5.74, 6) is 0. The van der Waals surface area contributed by atoms with Crippen LogP contribution in [0.15, 0.2) is 14.4 Å². The maximum atomic E-state index is 12.0. The Morgan fingerprint density at radius 2 is 1.16 bits per heavy atom. The Balaban J connectivity index is 3.61. The topological polar surface area (TPSA) is 127 Å². The molecule has 0 saturated heterocycles. The maximum absolute atomic E-state index is 12.0. The van der Waals surface area contributed by atoms with Gasteiger partial charge < -0.3 is 15.3 Å². The molecule has 108 valence electrons. The summed E-state index contributed by atoms with van der Waals surface area (Å²) in [6.45, 7) is 1.24. The Bertz CT molecular complexity index is 561. The first-order valence-electron chi connectivity index (χ1n) is 5.71. The van der Waals surface area contributed by atoms with Gasteiger partial charge in [-0.3, -0.25) is 0 Å². The third-order valence-corrected chi connectivity index (χ3v) is 2.42. The molecule has 0 spiro atoms. The number of rotatable bonds is 5. The van der Waals surface area contributed by atoms with Gasteiger partial charge in [0.15, 0.2) is 0 Å². The molecule has 0 saturated carbocycles. The van der Waals surface area contributed by atoms with E-state index in [9.17, 15) is 24.6 Å². The van der Waals surface area contributed by atoms with E-state index in [0.717, 1.165) is 0 Å². The summed E-state index contributed by atoms with van der Waals surface area (Å²) in [6, 6.07) is 0. The van der Waals surface area contributed by atoms with Crippen molar-refractivity contribution in [2.75, 3.05) is 0 Å². The smallest absolute Gasteiger partial charge is 0.338 e. The molecule has 19 heavy (non-hydrogen) atoms. The molecule has 0 amide bonds. The summed E-state index contributed by atoms with van der Waals surface area (Å²) >= 11 is 0. The number of aliphatic hydroxyl groups excluding tert-OH is 3. The van der Waals surface area contributed by atoms with Crippen LogP contribution in [0.1, 0.15) is 13.8 Å². The molecule has 1 heterocycles. The van der Waals surface area contributed by atoms with Crippen LogP contribution in [0.2, 0.25) is 0 Å². The molecular weight excluding hydrogens is 258 g/mol. The van der Waals surface area contributed by atoms with Gasteiger partial charge >= 0.3 is 17.1 Å². The van der Waals surface area contributed by atoms with Gasteiger partial charge in [-0.25, -0.2) is 28.1 Å². The average Bonchev–Trinajstić information content (AvgIpc) is 2.30. The summed E-state index contributed by atoms with van der Waals surface area (Å²) in [6.07, 6.45) is -1.95. The first kappa shape index (κ1) is 15.3. The van der Waals surface area contributed by atoms with Crippen molar-refractivity contribution in [2.45, 2.75) is 45.9 Å². The number of aliphatic hydroxyl groups is 3. The van der Waals surface area contributed by atoms with E-state index in [0.29, 0.717) is 13.7 Å². The molecule has 0 aliphatic carbocycles. The molecule has 3 N–H and O–H groups in total. The molecule has 0 aliphatic rings. The van der Waals surface area contributed by atoms with E-state index in [1.165, 1.54) is 13.8 Å². The van der Waals surface area contributed by atoms with Crippen LogP contribution in [0.3, 0.4) is 0 Å². The van der Waals surface area contributed by atoms with Crippen LogP contribution in [0.25, 0.3) is 0 Å². The highest BCUT2D eigenvalue weighted by Gasteiger charge is 2.16. The lowest BCUT2D eigenvalue weighted by Crippen LogP contribution is -2.56. The highest BCUT2D eigenvalue weighted by molar-refractivity contribution is 4.79. The zero-order valence-corrected chi connectivity index (χ0v) is 10.7. The molecular formula is C10H17N3O6. The van der Waals surface area contributed by atoms with Crippen LogP contribution in [0.5, 0.6) is 0 Å². The van der Waals surface area contributed by atoms with E-state index in [4.69, 9.17) is 5.11 Å². The zero-order valence-electron chi connectivity index (χ0n) is 10.7. The molecule has 0 radical (unpaired) electrons. The van der Waals surface area contributed by atoms with Crippen LogP contribution in [0, 0.1) is 0 Å². The lowest BCUT2D eigenvalue weighted by Gasteiger charge is -2.14. The van der Waals surface area contributed by atoms with Crippen molar-refractivity contribution in [3.05, 3.63) is 31.5 Å². The SMILES string of the molecule is CC(O)Cn1c(=O)n(CO)c(=O)n(CC(C)O)c1=O. The first-order chi connectivity index (χ1) is 8.79. The molecule has 0 aromatic carbocycles. The molecule has 9 heteroatoms. The normalized spacial score (nSPS) is 14.4. The second-order valence-electron chi connectivity index (χ2n) is 4.34. The fourth-order valence-corrected chi connectivity index (χ4v) is 1.64. The summed E-state index contributed by atoms with van der Waals surface area (Å²) in [7, 11) is 0. The van der Waals surface area contributed by atoms with Gasteiger partial charge in [0, 0.05) is 0 Å². The minimum Gasteiger partial charge on any atom is -0.392 e. The van der Waals surface area contributed by atoms with Gasteiger partial charge in [-0.15, -0.1) is 0 Å². The summed E-state index contributed by atoms with van der Waals surface area (Å²) in [5.41, 5.74) is -2.93. The van der Waals surface area contributed by atoms with Crippen molar-refractivity contribution in [3.8, 4) is 0 Å². The Morgan fingerprint density at radius 3 is 1.42 bits per heavy atom. The first-order valence-corrected chi connectivity index (χ1v) is 5.71. The number of hydrogen-bond donors (Lipinski definition) is 3.